The van der Waals surface area contributed by atoms with Crippen LogP contribution >= 0.6 is 0 Å². The molecule has 0 bridgehead atoms. The molecule has 0 saturated carbocycles. The molecule has 0 aromatic rings. The van der Waals surface area contributed by atoms with Crippen LogP contribution in [0.25, 0.3) is 0 Å². The fourth-order valence-corrected chi connectivity index (χ4v) is 8.26. The van der Waals surface area contributed by atoms with E-state index in [0.29, 0.717) is 0 Å². The summed E-state index contributed by atoms with van der Waals surface area (Å²) in [5.41, 5.74) is 0. The Morgan fingerprint density at radius 3 is 1.57 bits per heavy atom. The molecule has 30 nitrogen and oxygen atoms in total. The molecule has 5 aliphatic heterocycles. The van der Waals surface area contributed by atoms with E-state index in [1.807, 2.05) is 0 Å². The fraction of sp³-hybridized carbons (Fsp3) is 0.921. The van der Waals surface area contributed by atoms with Gasteiger partial charge in [-0.25, -0.2) is 0 Å². The first-order chi connectivity index (χ1) is 32.2. The van der Waals surface area contributed by atoms with Gasteiger partial charge in [0.05, 0.1) is 51.8 Å². The van der Waals surface area contributed by atoms with Gasteiger partial charge in [0, 0.05) is 13.8 Å². The molecule has 0 radical (unpaired) electrons. The molecule has 17 N–H and O–H groups in total. The molecule has 68 heavy (non-hydrogen) atoms. The Morgan fingerprint density at radius 1 is 0.515 bits per heavy atom. The predicted octanol–water partition coefficient (Wildman–Crippen LogP) is -11.5. The van der Waals surface area contributed by atoms with Crippen LogP contribution < -0.4 is 16.0 Å². The average Bonchev–Trinajstić information content (AvgIpc) is 3.30. The molecule has 0 unspecified atom stereocenters. The fourth-order valence-electron chi connectivity index (χ4n) is 8.26. The van der Waals surface area contributed by atoms with Crippen LogP contribution in [0.3, 0.4) is 0 Å². The molecule has 26 atom stereocenters. The number of amides is 3. The normalized spacial score (nSPS) is 46.0. The summed E-state index contributed by atoms with van der Waals surface area (Å²) < 4.78 is 57.5. The van der Waals surface area contributed by atoms with Gasteiger partial charge < -0.3 is 135 Å². The van der Waals surface area contributed by atoms with Gasteiger partial charge in [-0.2, -0.15) is 0 Å². The van der Waals surface area contributed by atoms with Crippen molar-refractivity contribution in [3.8, 4) is 0 Å². The minimum Gasteiger partial charge on any atom is -0.394 e. The third kappa shape index (κ3) is 12.9. The van der Waals surface area contributed by atoms with Crippen LogP contribution in [0.15, 0.2) is 0 Å². The number of hydrogen-bond acceptors (Lipinski definition) is 27. The first kappa shape index (κ1) is 56.4. The Labute approximate surface area is 387 Å². The molecule has 5 saturated heterocycles. The van der Waals surface area contributed by atoms with Crippen LogP contribution in [0, 0.1) is 0 Å². The van der Waals surface area contributed by atoms with E-state index in [1.54, 1.807) is 0 Å². The molecule has 5 aliphatic rings. The number of nitrogens with one attached hydrogen (secondary N) is 3. The Kier molecular flexibility index (Phi) is 20.9. The zero-order valence-electron chi connectivity index (χ0n) is 36.9. The minimum absolute atomic E-state index is 0.279. The smallest absolute Gasteiger partial charge is 0.217 e. The van der Waals surface area contributed by atoms with Crippen molar-refractivity contribution >= 4 is 18.2 Å². The Bertz CT molecular complexity index is 1590. The third-order valence-corrected chi connectivity index (χ3v) is 12.0. The summed E-state index contributed by atoms with van der Waals surface area (Å²) in [5, 5.41) is 157. The summed E-state index contributed by atoms with van der Waals surface area (Å²) in [5.74, 6) is -1.52. The lowest BCUT2D eigenvalue weighted by atomic mass is 9.94. The van der Waals surface area contributed by atoms with E-state index in [-0.39, 0.29) is 6.41 Å². The van der Waals surface area contributed by atoms with Crippen LogP contribution in [0.5, 0.6) is 0 Å². The van der Waals surface area contributed by atoms with E-state index in [9.17, 15) is 85.9 Å². The van der Waals surface area contributed by atoms with Crippen LogP contribution in [-0.2, 0) is 61.8 Å². The highest BCUT2D eigenvalue weighted by Gasteiger charge is 2.56. The first-order valence-corrected chi connectivity index (χ1v) is 21.7. The lowest BCUT2D eigenvalue weighted by Crippen LogP contribution is -2.70. The molecular weight excluding hydrogens is 930 g/mol. The maximum Gasteiger partial charge on any atom is 0.217 e. The monoisotopic (exact) mass is 995 g/mol. The topological polar surface area (TPSA) is 463 Å². The molecule has 3 amide bonds. The molecule has 5 fully saturated rings. The highest BCUT2D eigenvalue weighted by molar-refractivity contribution is 5.73. The van der Waals surface area contributed by atoms with Crippen molar-refractivity contribution in [2.24, 2.45) is 0 Å². The zero-order valence-corrected chi connectivity index (χ0v) is 36.9. The number of hydrogen-bond donors (Lipinski definition) is 17. The van der Waals surface area contributed by atoms with Crippen molar-refractivity contribution in [2.45, 2.75) is 180 Å². The number of ether oxygens (including phenoxy) is 10. The van der Waals surface area contributed by atoms with E-state index in [2.05, 4.69) is 16.0 Å². The lowest BCUT2D eigenvalue weighted by Gasteiger charge is -2.50. The quantitative estimate of drug-likeness (QED) is 0.0504. The van der Waals surface area contributed by atoms with Gasteiger partial charge in [-0.15, -0.1) is 0 Å². The molecule has 30 heteroatoms. The van der Waals surface area contributed by atoms with Crippen molar-refractivity contribution in [1.29, 1.82) is 0 Å². The molecule has 5 rings (SSSR count). The van der Waals surface area contributed by atoms with E-state index in [1.165, 1.54) is 6.92 Å². The van der Waals surface area contributed by atoms with Gasteiger partial charge in [-0.3, -0.25) is 14.4 Å². The Hall–Kier alpha value is -2.55. The van der Waals surface area contributed by atoms with Crippen molar-refractivity contribution in [3.63, 3.8) is 0 Å². The van der Waals surface area contributed by atoms with Gasteiger partial charge in [-0.05, 0) is 6.92 Å². The molecule has 394 valence electrons. The summed E-state index contributed by atoms with van der Waals surface area (Å²) in [7, 11) is 0. The second-order valence-corrected chi connectivity index (χ2v) is 16.9. The lowest BCUT2D eigenvalue weighted by molar-refractivity contribution is -0.383. The van der Waals surface area contributed by atoms with Gasteiger partial charge in [0.25, 0.3) is 0 Å². The maximum absolute atomic E-state index is 12.5. The van der Waals surface area contributed by atoms with Crippen LogP contribution in [-0.4, -0.2) is 289 Å². The number of carbonyl (C=O) groups excluding carboxylic acids is 3. The Balaban J connectivity index is 1.44. The minimum atomic E-state index is -2.20. The summed E-state index contributed by atoms with van der Waals surface area (Å²) in [6.45, 7) is -1.14. The summed E-state index contributed by atoms with van der Waals surface area (Å²) in [6.07, 6.45) is -40.8. The number of rotatable bonds is 20. The third-order valence-electron chi connectivity index (χ3n) is 12.0. The van der Waals surface area contributed by atoms with Crippen LogP contribution in [0.4, 0.5) is 0 Å². The van der Waals surface area contributed by atoms with Gasteiger partial charge in [0.15, 0.2) is 31.5 Å². The molecule has 0 spiro atoms. The molecular formula is C38H65N3O27. The molecule has 5 heterocycles. The summed E-state index contributed by atoms with van der Waals surface area (Å²) in [4.78, 5) is 35.5. The predicted molar refractivity (Wildman–Crippen MR) is 212 cm³/mol. The van der Waals surface area contributed by atoms with Crippen molar-refractivity contribution in [1.82, 2.24) is 16.0 Å². The second-order valence-electron chi connectivity index (χ2n) is 16.9. The van der Waals surface area contributed by atoms with Crippen LogP contribution in [0.2, 0.25) is 0 Å². The molecule has 0 aromatic carbocycles. The van der Waals surface area contributed by atoms with Gasteiger partial charge in [0.2, 0.25) is 18.2 Å². The molecule has 0 aliphatic carbocycles. The van der Waals surface area contributed by atoms with E-state index >= 15 is 0 Å². The van der Waals surface area contributed by atoms with Gasteiger partial charge >= 0.3 is 0 Å². The highest BCUT2D eigenvalue weighted by atomic mass is 16.8. The SMILES string of the molecule is CC(=O)N[C@H]1[C@H](O[C@H]2[C@@H](O)[C@@H](CO[C@@H]3O[C@H](CO)[C@@H](O)[C@H](O)[C@H]3NC(C)=O)O[C@@H](O[C@H]3[C@H](O)[C@@H](O)[C@H](OC[C@@H](CO)NC=O)O[C@@H]3CO)[C@@H]2O)O[C@H](CO)[C@@H](O[C@@H]2O[C@@H](C)[C@@H](O)[C@@H](O)[C@@H]2O)[C@@H]1O. The van der Waals surface area contributed by atoms with Gasteiger partial charge in [-0.1, -0.05) is 0 Å². The molecule has 0 aromatic heterocycles. The van der Waals surface area contributed by atoms with E-state index in [0.717, 1.165) is 13.8 Å². The van der Waals surface area contributed by atoms with E-state index < -0.39 is 211 Å². The number of carbonyl (C=O) groups is 3. The van der Waals surface area contributed by atoms with Crippen molar-refractivity contribution < 1.29 is 133 Å². The maximum atomic E-state index is 12.5. The summed E-state index contributed by atoms with van der Waals surface area (Å²) >= 11 is 0. The standard InChI is InChI=1S/C38H65N3O27/c1-11-21(49)26(54)28(56)37(61-11)66-31-16(6-44)63-35(20(25(31)53)41-13(3)48)68-33-23(51)18(9-60-34-19(40-12(2)47)24(52)22(50)15(5-43)62-34)65-38(30(33)58)67-32-17(7-45)64-36(29(57)27(32)55)59-8-14(4-42)39-10-46/h10-11,14-38,42-45,49-58H,4-9H2,1-3H3,(H,39,46)(H,40,47)(H,41,48)/t11-,14+,15+,16+,17+,18+,19+,20+,21+,22+,23-,24+,25+,26+,27+,28-,29+,30+,31+,32+,33-,34+,35-,36+,37-,38-/m0/s1. The summed E-state index contributed by atoms with van der Waals surface area (Å²) in [6, 6.07) is -4.18. The largest absolute Gasteiger partial charge is 0.394 e. The van der Waals surface area contributed by atoms with Crippen molar-refractivity contribution in [2.75, 3.05) is 39.6 Å². The van der Waals surface area contributed by atoms with Crippen LogP contribution in [0.1, 0.15) is 20.8 Å². The van der Waals surface area contributed by atoms with E-state index in [4.69, 9.17) is 47.4 Å². The van der Waals surface area contributed by atoms with Crippen molar-refractivity contribution in [3.05, 3.63) is 0 Å². The average molecular weight is 996 g/mol. The second kappa shape index (κ2) is 25.2. The number of aliphatic hydroxyl groups is 14. The number of aliphatic hydroxyl groups excluding tert-OH is 14. The first-order valence-electron chi connectivity index (χ1n) is 21.7. The highest BCUT2D eigenvalue weighted by Crippen LogP contribution is 2.35. The Morgan fingerprint density at radius 2 is 1.01 bits per heavy atom. The van der Waals surface area contributed by atoms with Gasteiger partial charge in [0.1, 0.15) is 116 Å². The zero-order chi connectivity index (χ0) is 50.3.